The minimum atomic E-state index is -0.209. The highest BCUT2D eigenvalue weighted by Gasteiger charge is 2.27. The fraction of sp³-hybridized carbons (Fsp3) is 0.238. The van der Waals surface area contributed by atoms with E-state index in [2.05, 4.69) is 27.8 Å². The summed E-state index contributed by atoms with van der Waals surface area (Å²) in [7, 11) is 0. The van der Waals surface area contributed by atoms with Crippen molar-refractivity contribution in [1.29, 1.82) is 0 Å². The van der Waals surface area contributed by atoms with Crippen molar-refractivity contribution in [2.45, 2.75) is 25.6 Å². The van der Waals surface area contributed by atoms with Crippen LogP contribution in [0, 0.1) is 5.82 Å². The van der Waals surface area contributed by atoms with E-state index in [1.165, 1.54) is 17.8 Å². The Labute approximate surface area is 162 Å². The molecule has 0 fully saturated rings. The van der Waals surface area contributed by atoms with E-state index in [9.17, 15) is 4.39 Å². The zero-order chi connectivity index (χ0) is 18.1. The first-order valence-electron chi connectivity index (χ1n) is 8.70. The van der Waals surface area contributed by atoms with E-state index in [-0.39, 0.29) is 11.9 Å². The van der Waals surface area contributed by atoms with Crippen molar-refractivity contribution in [2.24, 2.45) is 0 Å². The summed E-state index contributed by atoms with van der Waals surface area (Å²) in [4.78, 5) is 2.42. The van der Waals surface area contributed by atoms with Crippen molar-refractivity contribution in [1.82, 2.24) is 9.47 Å². The first-order chi connectivity index (χ1) is 12.6. The summed E-state index contributed by atoms with van der Waals surface area (Å²) < 4.78 is 15.6. The normalized spacial score (nSPS) is 17.7. The van der Waals surface area contributed by atoms with E-state index in [1.54, 1.807) is 0 Å². The second kappa shape index (κ2) is 7.43. The van der Waals surface area contributed by atoms with Gasteiger partial charge in [-0.05, 0) is 53.9 Å². The molecule has 1 atom stereocenters. The van der Waals surface area contributed by atoms with Gasteiger partial charge in [0.15, 0.2) is 0 Å². The zero-order valence-corrected chi connectivity index (χ0v) is 15.7. The maximum atomic E-state index is 13.3. The molecule has 2 nitrogen and oxygen atoms in total. The smallest absolute Gasteiger partial charge is 0.123 e. The SMILES string of the molecule is Fc1ccc(CN2CCCn3cccc3C2c2ccc(Cl)c(Cl)c2)cc1. The first-order valence-corrected chi connectivity index (χ1v) is 9.46. The summed E-state index contributed by atoms with van der Waals surface area (Å²) >= 11 is 12.4. The molecule has 1 aromatic heterocycles. The van der Waals surface area contributed by atoms with Crippen molar-refractivity contribution in [3.8, 4) is 0 Å². The Balaban J connectivity index is 1.75. The van der Waals surface area contributed by atoms with Crippen LogP contribution in [-0.4, -0.2) is 16.0 Å². The van der Waals surface area contributed by atoms with Crippen molar-refractivity contribution in [3.05, 3.63) is 93.5 Å². The number of hydrogen-bond donors (Lipinski definition) is 0. The van der Waals surface area contributed by atoms with Crippen LogP contribution in [0.25, 0.3) is 0 Å². The molecule has 2 aromatic carbocycles. The number of aromatic nitrogens is 1. The maximum Gasteiger partial charge on any atom is 0.123 e. The van der Waals surface area contributed by atoms with Gasteiger partial charge in [0.2, 0.25) is 0 Å². The largest absolute Gasteiger partial charge is 0.350 e. The van der Waals surface area contributed by atoms with Gasteiger partial charge in [0.1, 0.15) is 5.82 Å². The van der Waals surface area contributed by atoms with Gasteiger partial charge in [-0.2, -0.15) is 0 Å². The first kappa shape index (κ1) is 17.6. The van der Waals surface area contributed by atoms with Crippen molar-refractivity contribution < 1.29 is 4.39 Å². The summed E-state index contributed by atoms with van der Waals surface area (Å²) in [6, 6.07) is 16.9. The van der Waals surface area contributed by atoms with Crippen LogP contribution in [0.5, 0.6) is 0 Å². The van der Waals surface area contributed by atoms with E-state index >= 15 is 0 Å². The second-order valence-electron chi connectivity index (χ2n) is 6.65. The molecule has 0 N–H and O–H groups in total. The van der Waals surface area contributed by atoms with Crippen molar-refractivity contribution >= 4 is 23.2 Å². The van der Waals surface area contributed by atoms with Crippen molar-refractivity contribution in [3.63, 3.8) is 0 Å². The van der Waals surface area contributed by atoms with E-state index in [1.807, 2.05) is 30.3 Å². The Bertz CT molecular complexity index is 905. The quantitative estimate of drug-likeness (QED) is 0.539. The van der Waals surface area contributed by atoms with Crippen LogP contribution in [-0.2, 0) is 13.1 Å². The fourth-order valence-corrected chi connectivity index (χ4v) is 4.00. The van der Waals surface area contributed by atoms with E-state index in [0.29, 0.717) is 10.0 Å². The monoisotopic (exact) mass is 388 g/mol. The van der Waals surface area contributed by atoms with Gasteiger partial charge in [-0.3, -0.25) is 4.90 Å². The molecule has 5 heteroatoms. The third-order valence-corrected chi connectivity index (χ3v) is 5.65. The van der Waals surface area contributed by atoms with Gasteiger partial charge < -0.3 is 4.57 Å². The highest BCUT2D eigenvalue weighted by molar-refractivity contribution is 6.42. The molecule has 0 saturated heterocycles. The maximum absolute atomic E-state index is 13.3. The number of nitrogens with zero attached hydrogens (tertiary/aromatic N) is 2. The lowest BCUT2D eigenvalue weighted by Crippen LogP contribution is -2.29. The molecule has 2 heterocycles. The van der Waals surface area contributed by atoms with Crippen LogP contribution >= 0.6 is 23.2 Å². The standard InChI is InChI=1S/C21H19Cl2FN2/c22-18-9-6-16(13-19(18)23)21-20-3-1-10-25(20)11-2-12-26(21)14-15-4-7-17(24)8-5-15/h1,3-10,13,21H,2,11-12,14H2. The Hall–Kier alpha value is -1.81. The zero-order valence-electron chi connectivity index (χ0n) is 14.2. The molecule has 1 aliphatic rings. The number of aryl methyl sites for hydroxylation is 1. The molecule has 0 bridgehead atoms. The third-order valence-electron chi connectivity index (χ3n) is 4.91. The van der Waals surface area contributed by atoms with Crippen LogP contribution in [0.15, 0.2) is 60.8 Å². The third kappa shape index (κ3) is 3.52. The van der Waals surface area contributed by atoms with Gasteiger partial charge in [0, 0.05) is 31.5 Å². The molecule has 4 rings (SSSR count). The summed E-state index contributed by atoms with van der Waals surface area (Å²) in [6.45, 7) is 2.68. The predicted octanol–water partition coefficient (Wildman–Crippen LogP) is 5.93. The molecule has 0 aliphatic carbocycles. The highest BCUT2D eigenvalue weighted by atomic mass is 35.5. The van der Waals surface area contributed by atoms with Crippen LogP contribution < -0.4 is 0 Å². The molecule has 0 amide bonds. The van der Waals surface area contributed by atoms with E-state index < -0.39 is 0 Å². The molecule has 1 unspecified atom stereocenters. The van der Waals surface area contributed by atoms with Crippen LogP contribution in [0.4, 0.5) is 4.39 Å². The summed E-state index contributed by atoms with van der Waals surface area (Å²) in [6.07, 6.45) is 3.18. The summed E-state index contributed by atoms with van der Waals surface area (Å²) in [5, 5.41) is 1.12. The molecule has 1 aliphatic heterocycles. The number of hydrogen-bond acceptors (Lipinski definition) is 1. The van der Waals surface area contributed by atoms with E-state index in [0.717, 1.165) is 37.2 Å². The molecular formula is C21H19Cl2FN2. The van der Waals surface area contributed by atoms with Gasteiger partial charge in [0.05, 0.1) is 16.1 Å². The Morgan fingerprint density at radius 3 is 2.54 bits per heavy atom. The van der Waals surface area contributed by atoms with Gasteiger partial charge in [-0.1, -0.05) is 41.4 Å². The minimum Gasteiger partial charge on any atom is -0.350 e. The van der Waals surface area contributed by atoms with Gasteiger partial charge >= 0.3 is 0 Å². The second-order valence-corrected chi connectivity index (χ2v) is 7.47. The molecular weight excluding hydrogens is 370 g/mol. The van der Waals surface area contributed by atoms with Crippen LogP contribution in [0.3, 0.4) is 0 Å². The molecule has 0 spiro atoms. The Kier molecular flexibility index (Phi) is 5.03. The van der Waals surface area contributed by atoms with Crippen molar-refractivity contribution in [2.75, 3.05) is 6.54 Å². The van der Waals surface area contributed by atoms with E-state index in [4.69, 9.17) is 23.2 Å². The van der Waals surface area contributed by atoms with Gasteiger partial charge in [0.25, 0.3) is 0 Å². The molecule has 0 radical (unpaired) electrons. The number of halogens is 3. The fourth-order valence-electron chi connectivity index (χ4n) is 3.70. The lowest BCUT2D eigenvalue weighted by Gasteiger charge is -2.31. The average molecular weight is 389 g/mol. The van der Waals surface area contributed by atoms with Crippen LogP contribution in [0.2, 0.25) is 10.0 Å². The number of benzene rings is 2. The lowest BCUT2D eigenvalue weighted by molar-refractivity contribution is 0.220. The summed E-state index contributed by atoms with van der Waals surface area (Å²) in [5.41, 5.74) is 3.45. The molecule has 0 saturated carbocycles. The predicted molar refractivity (Wildman–Crippen MR) is 104 cm³/mol. The topological polar surface area (TPSA) is 8.17 Å². The highest BCUT2D eigenvalue weighted by Crippen LogP contribution is 2.35. The summed E-state index contributed by atoms with van der Waals surface area (Å²) in [5.74, 6) is -0.209. The number of rotatable bonds is 3. The lowest BCUT2D eigenvalue weighted by atomic mass is 10.0. The average Bonchev–Trinajstić information content (AvgIpc) is 3.01. The van der Waals surface area contributed by atoms with Gasteiger partial charge in [-0.15, -0.1) is 0 Å². The Morgan fingerprint density at radius 2 is 1.77 bits per heavy atom. The molecule has 26 heavy (non-hydrogen) atoms. The number of fused-ring (bicyclic) bond motifs is 1. The van der Waals surface area contributed by atoms with Crippen LogP contribution in [0.1, 0.15) is 29.3 Å². The molecule has 134 valence electrons. The Morgan fingerprint density at radius 1 is 0.962 bits per heavy atom. The molecule has 3 aromatic rings. The minimum absolute atomic E-state index is 0.0762. The van der Waals surface area contributed by atoms with Gasteiger partial charge in [-0.25, -0.2) is 4.39 Å².